The summed E-state index contributed by atoms with van der Waals surface area (Å²) in [7, 11) is 1.18. The van der Waals surface area contributed by atoms with Crippen LogP contribution in [0.1, 0.15) is 32.8 Å². The first-order valence-electron chi connectivity index (χ1n) is 11.6. The lowest BCUT2D eigenvalue weighted by atomic mass is 9.66. The number of hydrogen-bond donors (Lipinski definition) is 1. The van der Waals surface area contributed by atoms with Crippen molar-refractivity contribution >= 4 is 35.5 Å². The van der Waals surface area contributed by atoms with Crippen LogP contribution in [-0.2, 0) is 53.1 Å². The average molecular weight is 517 g/mol. The Hall–Kier alpha value is -4.35. The number of fused-ring (bicyclic) bond motifs is 2. The fraction of sp³-hybridized carbons (Fsp3) is 0.400. The van der Waals surface area contributed by atoms with Gasteiger partial charge in [-0.1, -0.05) is 18.2 Å². The number of methoxy groups -OCH3 is 1. The van der Waals surface area contributed by atoms with Gasteiger partial charge in [-0.05, 0) is 26.8 Å². The van der Waals surface area contributed by atoms with Gasteiger partial charge in [0.15, 0.2) is 5.41 Å². The molecular weight excluding hydrogens is 488 g/mol. The fourth-order valence-electron chi connectivity index (χ4n) is 4.40. The highest BCUT2D eigenvalue weighted by Gasteiger charge is 2.64. The van der Waals surface area contributed by atoms with Crippen LogP contribution in [0.25, 0.3) is 0 Å². The number of carbonyl (C=O) groups excluding carboxylic acids is 5. The second-order valence-corrected chi connectivity index (χ2v) is 7.80. The van der Waals surface area contributed by atoms with Crippen molar-refractivity contribution in [2.75, 3.05) is 38.4 Å². The summed E-state index contributed by atoms with van der Waals surface area (Å²) in [6, 6.07) is 6.22. The number of cyclic esters (lactones) is 1. The summed E-state index contributed by atoms with van der Waals surface area (Å²) >= 11 is 0. The molecule has 0 saturated carbocycles. The number of anilines is 1. The van der Waals surface area contributed by atoms with Crippen molar-refractivity contribution < 1.29 is 47.7 Å². The van der Waals surface area contributed by atoms with Crippen molar-refractivity contribution in [1.82, 2.24) is 0 Å². The van der Waals surface area contributed by atoms with Crippen LogP contribution in [0, 0.1) is 0 Å². The maximum absolute atomic E-state index is 13.8. The van der Waals surface area contributed by atoms with Gasteiger partial charge in [0, 0.05) is 11.3 Å². The van der Waals surface area contributed by atoms with Crippen LogP contribution in [0.2, 0.25) is 0 Å². The van der Waals surface area contributed by atoms with Crippen LogP contribution < -0.4 is 10.6 Å². The molecule has 1 spiro atoms. The molecule has 2 heterocycles. The number of benzene rings is 1. The summed E-state index contributed by atoms with van der Waals surface area (Å²) in [6.45, 7) is 4.16. The van der Waals surface area contributed by atoms with Crippen molar-refractivity contribution in [3.63, 3.8) is 0 Å². The molecule has 0 radical (unpaired) electrons. The minimum atomic E-state index is -2.24. The zero-order chi connectivity index (χ0) is 27.3. The van der Waals surface area contributed by atoms with E-state index >= 15 is 0 Å². The molecule has 0 amide bonds. The van der Waals surface area contributed by atoms with Crippen LogP contribution in [0.15, 0.2) is 47.0 Å². The molecule has 2 aliphatic heterocycles. The SMILES string of the molecule is CCOC(=O)CC1=C(C(=O)OCC)[C@]2(C(=O)O1)C(C(=O)OCC)=C(N)N(CC(=O)OC)c1ccccc12. The predicted molar refractivity (Wildman–Crippen MR) is 126 cm³/mol. The molecule has 0 aliphatic carbocycles. The van der Waals surface area contributed by atoms with E-state index in [2.05, 4.69) is 0 Å². The highest BCUT2D eigenvalue weighted by atomic mass is 16.6. The van der Waals surface area contributed by atoms with E-state index in [-0.39, 0.29) is 42.7 Å². The number of para-hydroxylation sites is 1. The Balaban J connectivity index is 2.43. The first-order chi connectivity index (χ1) is 17.7. The van der Waals surface area contributed by atoms with Crippen LogP contribution >= 0.6 is 0 Å². The monoisotopic (exact) mass is 516 g/mol. The normalized spacial score (nSPS) is 18.4. The summed E-state index contributed by atoms with van der Waals surface area (Å²) in [5, 5.41) is 0. The predicted octanol–water partition coefficient (Wildman–Crippen LogP) is 0.978. The Bertz CT molecular complexity index is 1200. The van der Waals surface area contributed by atoms with Gasteiger partial charge in [-0.3, -0.25) is 9.59 Å². The standard InChI is InChI=1S/C25H28N2O10/c1-5-34-17(28)12-16-19(22(30)35-6-2)25(24(32)37-16)14-10-8-9-11-15(14)27(13-18(29)33-4)21(26)20(25)23(31)36-7-3/h8-11H,5-7,12-13,26H2,1-4H3/t25-/m0/s1. The van der Waals surface area contributed by atoms with E-state index in [4.69, 9.17) is 29.4 Å². The Morgan fingerprint density at radius 1 is 0.919 bits per heavy atom. The molecule has 1 atom stereocenters. The number of hydrogen-bond acceptors (Lipinski definition) is 12. The maximum atomic E-state index is 13.8. The van der Waals surface area contributed by atoms with Crippen LogP contribution in [0.4, 0.5) is 5.69 Å². The Morgan fingerprint density at radius 3 is 2.11 bits per heavy atom. The number of carbonyl (C=O) groups is 5. The minimum Gasteiger partial charge on any atom is -0.468 e. The molecule has 3 rings (SSSR count). The van der Waals surface area contributed by atoms with Crippen LogP contribution in [0.5, 0.6) is 0 Å². The molecule has 37 heavy (non-hydrogen) atoms. The lowest BCUT2D eigenvalue weighted by Gasteiger charge is -2.40. The summed E-state index contributed by atoms with van der Waals surface area (Å²) < 4.78 is 25.7. The molecule has 0 aromatic heterocycles. The van der Waals surface area contributed by atoms with Crippen molar-refractivity contribution in [2.24, 2.45) is 5.73 Å². The van der Waals surface area contributed by atoms with Gasteiger partial charge < -0.3 is 34.3 Å². The molecule has 12 heteroatoms. The molecule has 2 aliphatic rings. The van der Waals surface area contributed by atoms with E-state index < -0.39 is 59.4 Å². The van der Waals surface area contributed by atoms with Crippen LogP contribution in [-0.4, -0.2) is 63.3 Å². The molecular formula is C25H28N2O10. The third-order valence-electron chi connectivity index (χ3n) is 5.78. The van der Waals surface area contributed by atoms with Gasteiger partial charge in [-0.25, -0.2) is 14.4 Å². The summed E-state index contributed by atoms with van der Waals surface area (Å²) in [5.74, 6) is -5.22. The second-order valence-electron chi connectivity index (χ2n) is 7.80. The Kier molecular flexibility index (Phi) is 8.21. The highest BCUT2D eigenvalue weighted by Crippen LogP contribution is 2.54. The summed E-state index contributed by atoms with van der Waals surface area (Å²) in [5.41, 5.74) is 3.68. The molecule has 12 nitrogen and oxygen atoms in total. The molecule has 1 aromatic carbocycles. The number of rotatable bonds is 9. The maximum Gasteiger partial charge on any atom is 0.339 e. The Labute approximate surface area is 212 Å². The van der Waals surface area contributed by atoms with E-state index in [1.54, 1.807) is 39.0 Å². The first-order valence-corrected chi connectivity index (χ1v) is 11.6. The third kappa shape index (κ3) is 4.61. The second kappa shape index (κ2) is 11.1. The van der Waals surface area contributed by atoms with E-state index in [9.17, 15) is 24.0 Å². The molecule has 0 unspecified atom stereocenters. The number of nitrogens with two attached hydrogens (primary N) is 1. The van der Waals surface area contributed by atoms with Crippen molar-refractivity contribution in [3.8, 4) is 0 Å². The molecule has 0 bridgehead atoms. The lowest BCUT2D eigenvalue weighted by Crippen LogP contribution is -2.51. The topological polar surface area (TPSA) is 161 Å². The summed E-state index contributed by atoms with van der Waals surface area (Å²) in [6.07, 6.45) is -0.584. The third-order valence-corrected chi connectivity index (χ3v) is 5.78. The van der Waals surface area contributed by atoms with Gasteiger partial charge in [0.1, 0.15) is 35.7 Å². The number of ether oxygens (including phenoxy) is 5. The van der Waals surface area contributed by atoms with Gasteiger partial charge in [0.05, 0.1) is 26.9 Å². The van der Waals surface area contributed by atoms with E-state index in [0.29, 0.717) is 0 Å². The lowest BCUT2D eigenvalue weighted by molar-refractivity contribution is -0.148. The van der Waals surface area contributed by atoms with Crippen molar-refractivity contribution in [1.29, 1.82) is 0 Å². The van der Waals surface area contributed by atoms with E-state index in [1.165, 1.54) is 18.1 Å². The minimum absolute atomic E-state index is 0.0478. The molecule has 0 saturated heterocycles. The molecule has 2 N–H and O–H groups in total. The first kappa shape index (κ1) is 27.2. The van der Waals surface area contributed by atoms with Crippen molar-refractivity contribution in [3.05, 3.63) is 52.6 Å². The number of nitrogens with zero attached hydrogens (tertiary/aromatic N) is 1. The largest absolute Gasteiger partial charge is 0.468 e. The van der Waals surface area contributed by atoms with Crippen molar-refractivity contribution in [2.45, 2.75) is 32.6 Å². The zero-order valence-electron chi connectivity index (χ0n) is 21.0. The average Bonchev–Trinajstić information content (AvgIpc) is 3.13. The zero-order valence-corrected chi connectivity index (χ0v) is 21.0. The molecule has 1 aromatic rings. The van der Waals surface area contributed by atoms with E-state index in [0.717, 1.165) is 0 Å². The van der Waals surface area contributed by atoms with Gasteiger partial charge in [-0.15, -0.1) is 0 Å². The van der Waals surface area contributed by atoms with Gasteiger partial charge >= 0.3 is 29.8 Å². The molecule has 0 fully saturated rings. The van der Waals surface area contributed by atoms with Crippen LogP contribution in [0.3, 0.4) is 0 Å². The fourth-order valence-corrected chi connectivity index (χ4v) is 4.40. The van der Waals surface area contributed by atoms with Gasteiger partial charge in [-0.2, -0.15) is 0 Å². The van der Waals surface area contributed by atoms with Gasteiger partial charge in [0.25, 0.3) is 0 Å². The number of esters is 5. The van der Waals surface area contributed by atoms with E-state index in [1.807, 2.05) is 0 Å². The molecule has 198 valence electrons. The van der Waals surface area contributed by atoms with Gasteiger partial charge in [0.2, 0.25) is 0 Å². The quantitative estimate of drug-likeness (QED) is 0.366. The smallest absolute Gasteiger partial charge is 0.339 e. The highest BCUT2D eigenvalue weighted by molar-refractivity contribution is 6.16. The Morgan fingerprint density at radius 2 is 1.51 bits per heavy atom. The summed E-state index contributed by atoms with van der Waals surface area (Å²) in [4.78, 5) is 66.4.